The average molecular weight is 251 g/mol. The van der Waals surface area contributed by atoms with Crippen LogP contribution in [-0.4, -0.2) is 43.3 Å². The molecule has 0 aliphatic carbocycles. The number of nitrogens with zero attached hydrogens (tertiary/aromatic N) is 1. The Morgan fingerprint density at radius 3 is 2.17 bits per heavy atom. The Morgan fingerprint density at radius 1 is 1.22 bits per heavy atom. The predicted molar refractivity (Wildman–Crippen MR) is 65.7 cm³/mol. The van der Waals surface area contributed by atoms with E-state index in [1.165, 1.54) is 0 Å². The fourth-order valence-corrected chi connectivity index (χ4v) is 2.24. The smallest absolute Gasteiger partial charge is 0.251 e. The van der Waals surface area contributed by atoms with E-state index in [4.69, 9.17) is 9.47 Å². The summed E-state index contributed by atoms with van der Waals surface area (Å²) >= 11 is 0. The van der Waals surface area contributed by atoms with Crippen molar-refractivity contribution in [1.29, 1.82) is 0 Å². The Morgan fingerprint density at radius 2 is 1.78 bits per heavy atom. The van der Waals surface area contributed by atoms with Crippen molar-refractivity contribution in [1.82, 2.24) is 4.90 Å². The third-order valence-electron chi connectivity index (χ3n) is 3.31. The molecule has 5 nitrogen and oxygen atoms in total. The largest absolute Gasteiger partial charge is 0.497 e. The number of hydrogen-bond acceptors (Lipinski definition) is 4. The molecule has 0 saturated carbocycles. The molecule has 1 saturated heterocycles. The topological polar surface area (TPSA) is 59.0 Å². The lowest BCUT2D eigenvalue weighted by molar-refractivity contribution is -0.134. The maximum absolute atomic E-state index is 11.6. The number of likely N-dealkylation sites (N-methyl/N-ethyl adjacent to an activating group) is 1. The molecule has 1 aromatic carbocycles. The fraction of sp³-hybridized carbons (Fsp3) is 0.462. The normalized spacial score (nSPS) is 23.3. The van der Waals surface area contributed by atoms with Crippen LogP contribution >= 0.6 is 0 Å². The Kier molecular flexibility index (Phi) is 3.43. The molecule has 0 aromatic heterocycles. The van der Waals surface area contributed by atoms with Crippen LogP contribution in [0.2, 0.25) is 0 Å². The summed E-state index contributed by atoms with van der Waals surface area (Å²) in [7, 11) is 4.85. The molecule has 5 heteroatoms. The molecule has 1 aliphatic rings. The van der Waals surface area contributed by atoms with E-state index in [0.717, 1.165) is 5.56 Å². The first-order valence-electron chi connectivity index (χ1n) is 5.74. The van der Waals surface area contributed by atoms with Crippen molar-refractivity contribution < 1.29 is 19.4 Å². The summed E-state index contributed by atoms with van der Waals surface area (Å²) in [6.45, 7) is 0. The lowest BCUT2D eigenvalue weighted by Crippen LogP contribution is -2.26. The van der Waals surface area contributed by atoms with Gasteiger partial charge in [0.1, 0.15) is 17.6 Å². The monoisotopic (exact) mass is 251 g/mol. The maximum Gasteiger partial charge on any atom is 0.251 e. The van der Waals surface area contributed by atoms with Crippen LogP contribution in [0, 0.1) is 0 Å². The summed E-state index contributed by atoms with van der Waals surface area (Å²) in [4.78, 5) is 13.2. The van der Waals surface area contributed by atoms with Crippen molar-refractivity contribution in [3.63, 3.8) is 0 Å². The van der Waals surface area contributed by atoms with Crippen LogP contribution in [0.15, 0.2) is 18.2 Å². The van der Waals surface area contributed by atoms with Crippen molar-refractivity contribution in [2.24, 2.45) is 0 Å². The highest BCUT2D eigenvalue weighted by atomic mass is 16.5. The number of aliphatic hydroxyl groups is 1. The van der Waals surface area contributed by atoms with Crippen molar-refractivity contribution in [3.8, 4) is 11.5 Å². The van der Waals surface area contributed by atoms with Crippen molar-refractivity contribution in [3.05, 3.63) is 23.8 Å². The van der Waals surface area contributed by atoms with E-state index in [-0.39, 0.29) is 11.9 Å². The van der Waals surface area contributed by atoms with Crippen LogP contribution in [0.25, 0.3) is 0 Å². The second-order valence-electron chi connectivity index (χ2n) is 4.36. The molecule has 2 atom stereocenters. The molecule has 2 rings (SSSR count). The highest BCUT2D eigenvalue weighted by Crippen LogP contribution is 2.35. The zero-order valence-electron chi connectivity index (χ0n) is 10.7. The second-order valence-corrected chi connectivity index (χ2v) is 4.36. The van der Waals surface area contributed by atoms with Crippen LogP contribution in [-0.2, 0) is 4.79 Å². The Labute approximate surface area is 106 Å². The van der Waals surface area contributed by atoms with Gasteiger partial charge in [-0.05, 0) is 17.7 Å². The van der Waals surface area contributed by atoms with Crippen LogP contribution in [0.3, 0.4) is 0 Å². The number of aliphatic hydroxyl groups excluding tert-OH is 1. The minimum atomic E-state index is -0.919. The summed E-state index contributed by atoms with van der Waals surface area (Å²) in [5.41, 5.74) is 0.901. The molecule has 0 radical (unpaired) electrons. The molecule has 1 fully saturated rings. The SMILES string of the molecule is COc1cc(OC)cc([C@@H]2C[C@H](O)C(=O)N2C)c1. The first kappa shape index (κ1) is 12.7. The van der Waals surface area contributed by atoms with E-state index in [9.17, 15) is 9.90 Å². The Bertz CT molecular complexity index is 438. The van der Waals surface area contributed by atoms with Gasteiger partial charge in [-0.15, -0.1) is 0 Å². The van der Waals surface area contributed by atoms with E-state index in [0.29, 0.717) is 17.9 Å². The van der Waals surface area contributed by atoms with Crippen LogP contribution in [0.5, 0.6) is 11.5 Å². The first-order valence-corrected chi connectivity index (χ1v) is 5.74. The van der Waals surface area contributed by atoms with Gasteiger partial charge in [0.05, 0.1) is 20.3 Å². The van der Waals surface area contributed by atoms with Gasteiger partial charge in [0.2, 0.25) is 0 Å². The summed E-state index contributed by atoms with van der Waals surface area (Å²) in [6.07, 6.45) is -0.525. The van der Waals surface area contributed by atoms with Gasteiger partial charge in [0.15, 0.2) is 0 Å². The van der Waals surface area contributed by atoms with Gasteiger partial charge in [-0.2, -0.15) is 0 Å². The summed E-state index contributed by atoms with van der Waals surface area (Å²) < 4.78 is 10.4. The summed E-state index contributed by atoms with van der Waals surface area (Å²) in [5.74, 6) is 1.10. The quantitative estimate of drug-likeness (QED) is 0.869. The molecular weight excluding hydrogens is 234 g/mol. The molecule has 1 aliphatic heterocycles. The van der Waals surface area contributed by atoms with Gasteiger partial charge in [-0.1, -0.05) is 0 Å². The number of likely N-dealkylation sites (tertiary alicyclic amines) is 1. The number of benzene rings is 1. The van der Waals surface area contributed by atoms with E-state index in [1.54, 1.807) is 32.2 Å². The van der Waals surface area contributed by atoms with E-state index in [2.05, 4.69) is 0 Å². The number of carbonyl (C=O) groups excluding carboxylic acids is 1. The van der Waals surface area contributed by atoms with Gasteiger partial charge in [0.25, 0.3) is 5.91 Å². The average Bonchev–Trinajstić information content (AvgIpc) is 2.65. The number of rotatable bonds is 3. The van der Waals surface area contributed by atoms with Crippen LogP contribution in [0.1, 0.15) is 18.0 Å². The zero-order valence-corrected chi connectivity index (χ0v) is 10.7. The molecule has 18 heavy (non-hydrogen) atoms. The lowest BCUT2D eigenvalue weighted by Gasteiger charge is -2.20. The Hall–Kier alpha value is -1.75. The minimum Gasteiger partial charge on any atom is -0.497 e. The zero-order chi connectivity index (χ0) is 13.3. The van der Waals surface area contributed by atoms with Crippen LogP contribution in [0.4, 0.5) is 0 Å². The third kappa shape index (κ3) is 2.13. The molecule has 1 amide bonds. The van der Waals surface area contributed by atoms with E-state index in [1.807, 2.05) is 12.1 Å². The lowest BCUT2D eigenvalue weighted by atomic mass is 10.0. The van der Waals surface area contributed by atoms with E-state index >= 15 is 0 Å². The van der Waals surface area contributed by atoms with Gasteiger partial charge in [0, 0.05) is 19.5 Å². The number of hydrogen-bond donors (Lipinski definition) is 1. The van der Waals surface area contributed by atoms with E-state index < -0.39 is 6.10 Å². The summed E-state index contributed by atoms with van der Waals surface area (Å²) in [5, 5.41) is 9.60. The number of amides is 1. The molecule has 0 bridgehead atoms. The van der Waals surface area contributed by atoms with Crippen molar-refractivity contribution in [2.45, 2.75) is 18.6 Å². The van der Waals surface area contributed by atoms with Gasteiger partial charge >= 0.3 is 0 Å². The molecule has 0 unspecified atom stereocenters. The molecule has 1 heterocycles. The number of methoxy groups -OCH3 is 2. The Balaban J connectivity index is 2.36. The van der Waals surface area contributed by atoms with Gasteiger partial charge in [-0.25, -0.2) is 0 Å². The third-order valence-corrected chi connectivity index (χ3v) is 3.31. The molecule has 0 spiro atoms. The second kappa shape index (κ2) is 4.86. The fourth-order valence-electron chi connectivity index (χ4n) is 2.24. The molecule has 1 N–H and O–H groups in total. The highest BCUT2D eigenvalue weighted by Gasteiger charge is 2.37. The standard InChI is InChI=1S/C13H17NO4/c1-14-11(7-12(15)13(14)16)8-4-9(17-2)6-10(5-8)18-3/h4-6,11-12,15H,7H2,1-3H3/t11-,12-/m0/s1. The molecule has 98 valence electrons. The van der Waals surface area contributed by atoms with Gasteiger partial charge < -0.3 is 19.5 Å². The van der Waals surface area contributed by atoms with Crippen molar-refractivity contribution in [2.75, 3.05) is 21.3 Å². The van der Waals surface area contributed by atoms with Crippen molar-refractivity contribution >= 4 is 5.91 Å². The molecular formula is C13H17NO4. The molecule has 1 aromatic rings. The number of ether oxygens (including phenoxy) is 2. The van der Waals surface area contributed by atoms with Crippen LogP contribution < -0.4 is 9.47 Å². The number of carbonyl (C=O) groups is 1. The summed E-state index contributed by atoms with van der Waals surface area (Å²) in [6, 6.07) is 5.34. The first-order chi connectivity index (χ1) is 8.56. The minimum absolute atomic E-state index is 0.142. The highest BCUT2D eigenvalue weighted by molar-refractivity contribution is 5.83. The van der Waals surface area contributed by atoms with Gasteiger partial charge in [-0.3, -0.25) is 4.79 Å². The maximum atomic E-state index is 11.6. The predicted octanol–water partition coefficient (Wildman–Crippen LogP) is 0.968.